The Bertz CT molecular complexity index is 743. The van der Waals surface area contributed by atoms with Crippen molar-refractivity contribution in [3.63, 3.8) is 0 Å². The maximum atomic E-state index is 12.5. The number of benzene rings is 2. The summed E-state index contributed by atoms with van der Waals surface area (Å²) < 4.78 is 28.3. The second-order valence-electron chi connectivity index (χ2n) is 4.84. The number of sulfonamides is 1. The number of aryl methyl sites for hydroxylation is 1. The molecule has 3 rings (SSSR count). The normalized spacial score (nSPS) is 17.9. The van der Waals surface area contributed by atoms with Gasteiger partial charge in [-0.25, -0.2) is 13.1 Å². The van der Waals surface area contributed by atoms with Crippen LogP contribution in [0, 0.1) is 0 Å². The van der Waals surface area contributed by atoms with E-state index in [4.69, 9.17) is 0 Å². The zero-order valence-electron chi connectivity index (χ0n) is 10.7. The molecule has 20 heavy (non-hydrogen) atoms. The third-order valence-electron chi connectivity index (χ3n) is 3.56. The fraction of sp³-hybridized carbons (Fsp3) is 0.200. The lowest BCUT2D eigenvalue weighted by atomic mass is 10.1. The van der Waals surface area contributed by atoms with Crippen molar-refractivity contribution in [2.45, 2.75) is 23.8 Å². The first-order valence-electron chi connectivity index (χ1n) is 6.42. The summed E-state index contributed by atoms with van der Waals surface area (Å²) in [7, 11) is -3.51. The minimum absolute atomic E-state index is 0.136. The summed E-state index contributed by atoms with van der Waals surface area (Å²) in [5, 5.41) is 0. The van der Waals surface area contributed by atoms with E-state index in [2.05, 4.69) is 26.7 Å². The molecular weight excluding hydrogens is 338 g/mol. The van der Waals surface area contributed by atoms with Crippen molar-refractivity contribution >= 4 is 26.0 Å². The van der Waals surface area contributed by atoms with Gasteiger partial charge in [0.05, 0.1) is 4.90 Å². The highest BCUT2D eigenvalue weighted by molar-refractivity contribution is 9.10. The van der Waals surface area contributed by atoms with Crippen molar-refractivity contribution in [1.29, 1.82) is 0 Å². The molecule has 0 heterocycles. The third kappa shape index (κ3) is 2.53. The molecule has 0 radical (unpaired) electrons. The van der Waals surface area contributed by atoms with Crippen LogP contribution in [0.3, 0.4) is 0 Å². The van der Waals surface area contributed by atoms with Crippen molar-refractivity contribution in [3.8, 4) is 0 Å². The Hall–Kier alpha value is -1.17. The summed E-state index contributed by atoms with van der Waals surface area (Å²) >= 11 is 3.29. The SMILES string of the molecule is O=S(=O)(N[C@H]1CCc2ccccc21)c1ccccc1Br. The van der Waals surface area contributed by atoms with Gasteiger partial charge in [-0.1, -0.05) is 36.4 Å². The minimum atomic E-state index is -3.51. The van der Waals surface area contributed by atoms with E-state index in [1.807, 2.05) is 18.2 Å². The van der Waals surface area contributed by atoms with Crippen molar-refractivity contribution in [2.24, 2.45) is 0 Å². The van der Waals surface area contributed by atoms with Gasteiger partial charge in [0.1, 0.15) is 0 Å². The molecule has 1 aliphatic rings. The molecule has 104 valence electrons. The van der Waals surface area contributed by atoms with Crippen LogP contribution in [0.2, 0.25) is 0 Å². The summed E-state index contributed by atoms with van der Waals surface area (Å²) in [6.45, 7) is 0. The Kier molecular flexibility index (Phi) is 3.67. The molecule has 0 fully saturated rings. The summed E-state index contributed by atoms with van der Waals surface area (Å²) in [4.78, 5) is 0.282. The van der Waals surface area contributed by atoms with Crippen molar-refractivity contribution < 1.29 is 8.42 Å². The highest BCUT2D eigenvalue weighted by atomic mass is 79.9. The largest absolute Gasteiger partial charge is 0.242 e. The zero-order valence-corrected chi connectivity index (χ0v) is 13.1. The summed E-state index contributed by atoms with van der Waals surface area (Å²) in [6.07, 6.45) is 1.72. The molecule has 0 bridgehead atoms. The quantitative estimate of drug-likeness (QED) is 0.920. The van der Waals surface area contributed by atoms with Crippen molar-refractivity contribution in [1.82, 2.24) is 4.72 Å². The van der Waals surface area contributed by atoms with Crippen molar-refractivity contribution in [3.05, 3.63) is 64.1 Å². The van der Waals surface area contributed by atoms with Crippen LogP contribution >= 0.6 is 15.9 Å². The van der Waals surface area contributed by atoms with E-state index in [0.29, 0.717) is 4.47 Å². The van der Waals surface area contributed by atoms with Gasteiger partial charge in [-0.05, 0) is 52.0 Å². The topological polar surface area (TPSA) is 46.2 Å². The highest BCUT2D eigenvalue weighted by Gasteiger charge is 2.27. The fourth-order valence-electron chi connectivity index (χ4n) is 2.59. The first-order valence-corrected chi connectivity index (χ1v) is 8.70. The van der Waals surface area contributed by atoms with E-state index in [9.17, 15) is 8.42 Å². The molecule has 0 unspecified atom stereocenters. The average Bonchev–Trinajstić information content (AvgIpc) is 2.82. The van der Waals surface area contributed by atoms with Gasteiger partial charge in [0.2, 0.25) is 10.0 Å². The smallest absolute Gasteiger partial charge is 0.207 e. The average molecular weight is 352 g/mol. The van der Waals surface area contributed by atoms with Crippen LogP contribution in [0.1, 0.15) is 23.6 Å². The number of nitrogens with one attached hydrogen (secondary N) is 1. The standard InChI is InChI=1S/C15H14BrNO2S/c16-13-7-3-4-8-15(13)20(18,19)17-14-10-9-11-5-1-2-6-12(11)14/h1-8,14,17H,9-10H2/t14-/m0/s1. The Morgan fingerprint density at radius 3 is 2.55 bits per heavy atom. The van der Waals surface area contributed by atoms with E-state index < -0.39 is 10.0 Å². The lowest BCUT2D eigenvalue weighted by Gasteiger charge is -2.15. The molecule has 3 nitrogen and oxygen atoms in total. The first-order chi connectivity index (χ1) is 9.58. The minimum Gasteiger partial charge on any atom is -0.207 e. The molecule has 0 saturated carbocycles. The summed E-state index contributed by atoms with van der Waals surface area (Å²) in [6, 6.07) is 14.7. The molecular formula is C15H14BrNO2S. The number of hydrogen-bond acceptors (Lipinski definition) is 2. The first kappa shape index (κ1) is 13.8. The molecule has 2 aromatic carbocycles. The molecule has 0 aromatic heterocycles. The predicted octanol–water partition coefficient (Wildman–Crippen LogP) is 3.41. The number of halogens is 1. The van der Waals surface area contributed by atoms with Crippen LogP contribution in [0.25, 0.3) is 0 Å². The van der Waals surface area contributed by atoms with E-state index in [1.165, 1.54) is 5.56 Å². The van der Waals surface area contributed by atoms with E-state index in [-0.39, 0.29) is 10.9 Å². The second-order valence-corrected chi connectivity index (χ2v) is 7.38. The summed E-state index contributed by atoms with van der Waals surface area (Å²) in [5.74, 6) is 0. The number of hydrogen-bond donors (Lipinski definition) is 1. The Morgan fingerprint density at radius 1 is 1.05 bits per heavy atom. The molecule has 5 heteroatoms. The number of fused-ring (bicyclic) bond motifs is 1. The lowest BCUT2D eigenvalue weighted by molar-refractivity contribution is 0.554. The monoisotopic (exact) mass is 351 g/mol. The van der Waals surface area contributed by atoms with Crippen LogP contribution < -0.4 is 4.72 Å². The molecule has 0 saturated heterocycles. The van der Waals surface area contributed by atoms with Gasteiger partial charge in [-0.3, -0.25) is 0 Å². The molecule has 2 aromatic rings. The zero-order chi connectivity index (χ0) is 14.2. The van der Waals surface area contributed by atoms with E-state index in [0.717, 1.165) is 18.4 Å². The second kappa shape index (κ2) is 5.31. The molecule has 1 atom stereocenters. The van der Waals surface area contributed by atoms with Gasteiger partial charge in [-0.15, -0.1) is 0 Å². The van der Waals surface area contributed by atoms with Gasteiger partial charge < -0.3 is 0 Å². The lowest BCUT2D eigenvalue weighted by Crippen LogP contribution is -2.27. The molecule has 1 N–H and O–H groups in total. The van der Waals surface area contributed by atoms with Gasteiger partial charge in [-0.2, -0.15) is 0 Å². The molecule has 1 aliphatic carbocycles. The Balaban J connectivity index is 1.91. The molecule has 0 spiro atoms. The van der Waals surface area contributed by atoms with Gasteiger partial charge >= 0.3 is 0 Å². The van der Waals surface area contributed by atoms with Crippen LogP contribution in [-0.4, -0.2) is 8.42 Å². The Labute approximate surface area is 127 Å². The molecule has 0 amide bonds. The van der Waals surface area contributed by atoms with Crippen LogP contribution in [0.5, 0.6) is 0 Å². The van der Waals surface area contributed by atoms with Gasteiger partial charge in [0.25, 0.3) is 0 Å². The maximum absolute atomic E-state index is 12.5. The van der Waals surface area contributed by atoms with Gasteiger partial charge in [0.15, 0.2) is 0 Å². The number of rotatable bonds is 3. The summed E-state index contributed by atoms with van der Waals surface area (Å²) in [5.41, 5.74) is 2.32. The van der Waals surface area contributed by atoms with E-state index >= 15 is 0 Å². The fourth-order valence-corrected chi connectivity index (χ4v) is 4.85. The van der Waals surface area contributed by atoms with Crippen LogP contribution in [0.15, 0.2) is 57.9 Å². The molecule has 0 aliphatic heterocycles. The predicted molar refractivity (Wildman–Crippen MR) is 82.0 cm³/mol. The Morgan fingerprint density at radius 2 is 1.75 bits per heavy atom. The third-order valence-corrected chi connectivity index (χ3v) is 6.04. The van der Waals surface area contributed by atoms with Crippen LogP contribution in [-0.2, 0) is 16.4 Å². The van der Waals surface area contributed by atoms with Gasteiger partial charge in [0, 0.05) is 10.5 Å². The highest BCUT2D eigenvalue weighted by Crippen LogP contribution is 2.32. The maximum Gasteiger partial charge on any atom is 0.242 e. The van der Waals surface area contributed by atoms with Crippen LogP contribution in [0.4, 0.5) is 0 Å². The van der Waals surface area contributed by atoms with E-state index in [1.54, 1.807) is 24.3 Å². The van der Waals surface area contributed by atoms with Crippen molar-refractivity contribution in [2.75, 3.05) is 0 Å².